The zero-order chi connectivity index (χ0) is 17.9. The molecule has 7 heteroatoms. The van der Waals surface area contributed by atoms with E-state index in [4.69, 9.17) is 4.52 Å². The number of anilines is 1. The number of aromatic nitrogens is 2. The van der Waals surface area contributed by atoms with E-state index in [-0.39, 0.29) is 12.1 Å². The zero-order valence-corrected chi connectivity index (χ0v) is 13.5. The standard InChI is InChI=1S/C18H16F3N3O/c1-12-7-8-14(10-15(12)18(19,20)21)22-11-17-23-16(24-25-17)9-13-5-3-2-4-6-13/h2-8,10,22H,9,11H2,1H3. The Morgan fingerprint density at radius 1 is 1.08 bits per heavy atom. The Bertz CT molecular complexity index is 844. The summed E-state index contributed by atoms with van der Waals surface area (Å²) in [6.07, 6.45) is -3.85. The second-order valence-corrected chi connectivity index (χ2v) is 5.65. The lowest BCUT2D eigenvalue weighted by Gasteiger charge is -2.12. The molecule has 1 heterocycles. The molecule has 0 aliphatic heterocycles. The molecule has 0 aliphatic rings. The van der Waals surface area contributed by atoms with Crippen LogP contribution in [-0.2, 0) is 19.1 Å². The van der Waals surface area contributed by atoms with Crippen molar-refractivity contribution in [1.29, 1.82) is 0 Å². The molecule has 130 valence electrons. The number of benzene rings is 2. The first-order chi connectivity index (χ1) is 11.9. The van der Waals surface area contributed by atoms with E-state index in [9.17, 15) is 13.2 Å². The molecule has 0 bridgehead atoms. The van der Waals surface area contributed by atoms with Gasteiger partial charge in [0, 0.05) is 12.1 Å². The maximum Gasteiger partial charge on any atom is 0.416 e. The van der Waals surface area contributed by atoms with Crippen LogP contribution in [-0.4, -0.2) is 10.1 Å². The summed E-state index contributed by atoms with van der Waals surface area (Å²) in [5.41, 5.74) is 0.922. The normalized spacial score (nSPS) is 11.5. The zero-order valence-electron chi connectivity index (χ0n) is 13.5. The molecule has 0 aliphatic carbocycles. The lowest BCUT2D eigenvalue weighted by Crippen LogP contribution is -2.09. The number of hydrogen-bond acceptors (Lipinski definition) is 4. The van der Waals surface area contributed by atoms with E-state index in [0.29, 0.717) is 23.8 Å². The molecule has 0 unspecified atom stereocenters. The fourth-order valence-electron chi connectivity index (χ4n) is 2.43. The summed E-state index contributed by atoms with van der Waals surface area (Å²) >= 11 is 0. The summed E-state index contributed by atoms with van der Waals surface area (Å²) in [7, 11) is 0. The van der Waals surface area contributed by atoms with Crippen LogP contribution in [0.1, 0.15) is 28.4 Å². The van der Waals surface area contributed by atoms with Gasteiger partial charge in [-0.05, 0) is 30.2 Å². The third-order valence-electron chi connectivity index (χ3n) is 3.70. The summed E-state index contributed by atoms with van der Waals surface area (Å²) < 4.78 is 43.9. The minimum Gasteiger partial charge on any atom is -0.376 e. The van der Waals surface area contributed by atoms with E-state index in [0.717, 1.165) is 11.6 Å². The summed E-state index contributed by atoms with van der Waals surface area (Å²) in [5, 5.41) is 6.77. The molecule has 1 aromatic heterocycles. The monoisotopic (exact) mass is 347 g/mol. The summed E-state index contributed by atoms with van der Waals surface area (Å²) in [6, 6.07) is 13.8. The molecule has 4 nitrogen and oxygen atoms in total. The van der Waals surface area contributed by atoms with Crippen LogP contribution in [0.3, 0.4) is 0 Å². The van der Waals surface area contributed by atoms with Crippen LogP contribution in [0.2, 0.25) is 0 Å². The lowest BCUT2D eigenvalue weighted by molar-refractivity contribution is -0.138. The molecule has 0 saturated carbocycles. The Morgan fingerprint density at radius 2 is 1.84 bits per heavy atom. The van der Waals surface area contributed by atoms with Crippen LogP contribution >= 0.6 is 0 Å². The van der Waals surface area contributed by atoms with E-state index in [1.54, 1.807) is 6.07 Å². The van der Waals surface area contributed by atoms with Gasteiger partial charge in [-0.2, -0.15) is 18.2 Å². The molecule has 0 amide bonds. The van der Waals surface area contributed by atoms with Gasteiger partial charge in [0.1, 0.15) is 0 Å². The molecule has 0 atom stereocenters. The highest BCUT2D eigenvalue weighted by Gasteiger charge is 2.32. The third kappa shape index (κ3) is 4.37. The van der Waals surface area contributed by atoms with Gasteiger partial charge in [0.05, 0.1) is 12.1 Å². The molecule has 2 aromatic carbocycles. The quantitative estimate of drug-likeness (QED) is 0.733. The Labute approximate surface area is 142 Å². The van der Waals surface area contributed by atoms with Crippen LogP contribution in [0, 0.1) is 6.92 Å². The predicted molar refractivity (Wildman–Crippen MR) is 87.1 cm³/mol. The summed E-state index contributed by atoms with van der Waals surface area (Å²) in [4.78, 5) is 4.25. The maximum absolute atomic E-state index is 12.9. The molecule has 3 rings (SSSR count). The first kappa shape index (κ1) is 17.0. The van der Waals surface area contributed by atoms with Crippen LogP contribution < -0.4 is 5.32 Å². The average Bonchev–Trinajstić information content (AvgIpc) is 3.01. The van der Waals surface area contributed by atoms with Gasteiger partial charge < -0.3 is 9.84 Å². The van der Waals surface area contributed by atoms with Crippen molar-refractivity contribution < 1.29 is 17.7 Å². The maximum atomic E-state index is 12.9. The second kappa shape index (κ2) is 6.96. The number of halogens is 3. The molecule has 0 saturated heterocycles. The van der Waals surface area contributed by atoms with Gasteiger partial charge in [-0.25, -0.2) is 0 Å². The van der Waals surface area contributed by atoms with Crippen molar-refractivity contribution in [1.82, 2.24) is 10.1 Å². The number of nitrogens with zero attached hydrogens (tertiary/aromatic N) is 2. The fourth-order valence-corrected chi connectivity index (χ4v) is 2.43. The van der Waals surface area contributed by atoms with Gasteiger partial charge in [0.2, 0.25) is 5.89 Å². The van der Waals surface area contributed by atoms with Crippen molar-refractivity contribution in [2.75, 3.05) is 5.32 Å². The highest BCUT2D eigenvalue weighted by Crippen LogP contribution is 2.33. The van der Waals surface area contributed by atoms with E-state index < -0.39 is 11.7 Å². The van der Waals surface area contributed by atoms with E-state index >= 15 is 0 Å². The van der Waals surface area contributed by atoms with Crippen molar-refractivity contribution in [3.8, 4) is 0 Å². The van der Waals surface area contributed by atoms with Crippen molar-refractivity contribution >= 4 is 5.69 Å². The Balaban J connectivity index is 1.65. The topological polar surface area (TPSA) is 51.0 Å². The molecular formula is C18H16F3N3O. The van der Waals surface area contributed by atoms with Crippen LogP contribution in [0.4, 0.5) is 18.9 Å². The van der Waals surface area contributed by atoms with Gasteiger partial charge in [-0.1, -0.05) is 41.6 Å². The minimum absolute atomic E-state index is 0.155. The minimum atomic E-state index is -4.38. The average molecular weight is 347 g/mol. The van der Waals surface area contributed by atoms with Gasteiger partial charge in [-0.3, -0.25) is 0 Å². The van der Waals surface area contributed by atoms with Gasteiger partial charge in [-0.15, -0.1) is 0 Å². The predicted octanol–water partition coefficient (Wildman–Crippen LogP) is 4.60. The molecule has 25 heavy (non-hydrogen) atoms. The van der Waals surface area contributed by atoms with Crippen molar-refractivity contribution in [3.63, 3.8) is 0 Å². The van der Waals surface area contributed by atoms with Gasteiger partial charge in [0.15, 0.2) is 5.82 Å². The number of nitrogens with one attached hydrogen (secondary N) is 1. The number of hydrogen-bond donors (Lipinski definition) is 1. The molecule has 0 spiro atoms. The van der Waals surface area contributed by atoms with Crippen LogP contribution in [0.25, 0.3) is 0 Å². The third-order valence-corrected chi connectivity index (χ3v) is 3.70. The van der Waals surface area contributed by atoms with E-state index in [1.165, 1.54) is 13.0 Å². The summed E-state index contributed by atoms with van der Waals surface area (Å²) in [6.45, 7) is 1.59. The van der Waals surface area contributed by atoms with Gasteiger partial charge >= 0.3 is 6.18 Å². The van der Waals surface area contributed by atoms with E-state index in [1.807, 2.05) is 30.3 Å². The largest absolute Gasteiger partial charge is 0.416 e. The van der Waals surface area contributed by atoms with Crippen LogP contribution in [0.5, 0.6) is 0 Å². The number of aryl methyl sites for hydroxylation is 1. The molecule has 0 fully saturated rings. The smallest absolute Gasteiger partial charge is 0.376 e. The second-order valence-electron chi connectivity index (χ2n) is 5.65. The Kier molecular flexibility index (Phi) is 4.74. The first-order valence-electron chi connectivity index (χ1n) is 7.69. The van der Waals surface area contributed by atoms with E-state index in [2.05, 4.69) is 15.5 Å². The van der Waals surface area contributed by atoms with Gasteiger partial charge in [0.25, 0.3) is 0 Å². The molecule has 1 N–H and O–H groups in total. The first-order valence-corrected chi connectivity index (χ1v) is 7.69. The number of alkyl halides is 3. The highest BCUT2D eigenvalue weighted by molar-refractivity contribution is 5.49. The van der Waals surface area contributed by atoms with Crippen LogP contribution in [0.15, 0.2) is 53.1 Å². The molecular weight excluding hydrogens is 331 g/mol. The molecule has 3 aromatic rings. The fraction of sp³-hybridized carbons (Fsp3) is 0.222. The summed E-state index contributed by atoms with van der Waals surface area (Å²) in [5.74, 6) is 0.850. The lowest BCUT2D eigenvalue weighted by atomic mass is 10.1. The SMILES string of the molecule is Cc1ccc(NCc2nc(Cc3ccccc3)no2)cc1C(F)(F)F. The van der Waals surface area contributed by atoms with Crippen molar-refractivity contribution in [2.45, 2.75) is 26.1 Å². The Hall–Kier alpha value is -2.83. The Morgan fingerprint density at radius 3 is 2.56 bits per heavy atom. The van der Waals surface area contributed by atoms with Crippen molar-refractivity contribution in [2.24, 2.45) is 0 Å². The molecule has 0 radical (unpaired) electrons. The number of rotatable bonds is 5. The van der Waals surface area contributed by atoms with Crippen molar-refractivity contribution in [3.05, 3.63) is 76.9 Å². The highest BCUT2D eigenvalue weighted by atomic mass is 19.4.